The Kier molecular flexibility index (Phi) is 1.74. The largest absolute Gasteiger partial charge is 0.378 e. The number of hydrogen-bond acceptors (Lipinski definition) is 2. The Balaban J connectivity index is 2.12. The van der Waals surface area contributed by atoms with Gasteiger partial charge in [-0.1, -0.05) is 0 Å². The summed E-state index contributed by atoms with van der Waals surface area (Å²) >= 11 is 0. The highest BCUT2D eigenvalue weighted by Gasteiger charge is 2.56. The molecule has 3 rings (SSSR count). The molecule has 2 heterocycles. The van der Waals surface area contributed by atoms with Crippen molar-refractivity contribution in [2.75, 3.05) is 20.2 Å². The maximum absolute atomic E-state index is 5.58. The molecule has 2 heteroatoms. The van der Waals surface area contributed by atoms with Gasteiger partial charge in [-0.2, -0.15) is 0 Å². The average Bonchev–Trinajstić information content (AvgIpc) is 2.04. The smallest absolute Gasteiger partial charge is 0.0691 e. The van der Waals surface area contributed by atoms with Gasteiger partial charge >= 0.3 is 0 Å². The van der Waals surface area contributed by atoms with Crippen LogP contribution in [0.1, 0.15) is 26.7 Å². The highest BCUT2D eigenvalue weighted by Crippen LogP contribution is 2.55. The van der Waals surface area contributed by atoms with Crippen LogP contribution in [0.3, 0.4) is 0 Å². The monoisotopic (exact) mass is 169 g/mol. The fourth-order valence-electron chi connectivity index (χ4n) is 2.77. The zero-order valence-corrected chi connectivity index (χ0v) is 8.31. The van der Waals surface area contributed by atoms with Crippen molar-refractivity contribution in [2.45, 2.75) is 32.3 Å². The zero-order chi connectivity index (χ0) is 8.82. The lowest BCUT2D eigenvalue weighted by Gasteiger charge is -2.59. The molecule has 3 aliphatic rings. The van der Waals surface area contributed by atoms with Crippen molar-refractivity contribution in [1.29, 1.82) is 0 Å². The van der Waals surface area contributed by atoms with Gasteiger partial charge in [0.25, 0.3) is 0 Å². The lowest BCUT2D eigenvalue weighted by molar-refractivity contribution is -0.162. The summed E-state index contributed by atoms with van der Waals surface area (Å²) in [5.74, 6) is 0.924. The molecule has 12 heavy (non-hydrogen) atoms. The molecule has 0 amide bonds. The fourth-order valence-corrected chi connectivity index (χ4v) is 2.77. The third-order valence-electron chi connectivity index (χ3n) is 4.04. The molecule has 2 bridgehead atoms. The summed E-state index contributed by atoms with van der Waals surface area (Å²) < 4.78 is 5.58. The molecule has 0 atom stereocenters. The third-order valence-corrected chi connectivity index (χ3v) is 4.04. The minimum absolute atomic E-state index is 0.0525. The van der Waals surface area contributed by atoms with E-state index in [1.165, 1.54) is 19.4 Å². The molecule has 0 aromatic heterocycles. The summed E-state index contributed by atoms with van der Waals surface area (Å²) in [6, 6.07) is 0. The lowest BCUT2D eigenvalue weighted by atomic mass is 9.52. The topological polar surface area (TPSA) is 21.3 Å². The Morgan fingerprint density at radius 2 is 2.08 bits per heavy atom. The summed E-state index contributed by atoms with van der Waals surface area (Å²) in [7, 11) is 1.83. The predicted octanol–water partition coefficient (Wildman–Crippen LogP) is 1.41. The molecule has 0 aromatic carbocycles. The zero-order valence-electron chi connectivity index (χ0n) is 8.31. The van der Waals surface area contributed by atoms with E-state index in [1.807, 2.05) is 7.11 Å². The van der Waals surface area contributed by atoms with Gasteiger partial charge in [-0.05, 0) is 39.2 Å². The molecule has 2 saturated heterocycles. The van der Waals surface area contributed by atoms with Crippen LogP contribution in [0.25, 0.3) is 0 Å². The summed E-state index contributed by atoms with van der Waals surface area (Å²) in [5, 5.41) is 3.49. The van der Waals surface area contributed by atoms with Gasteiger partial charge in [0.05, 0.1) is 5.60 Å². The van der Waals surface area contributed by atoms with Crippen LogP contribution in [0.4, 0.5) is 0 Å². The van der Waals surface area contributed by atoms with Gasteiger partial charge in [0.2, 0.25) is 0 Å². The molecular formula is C10H19NO. The lowest BCUT2D eigenvalue weighted by Crippen LogP contribution is -2.64. The van der Waals surface area contributed by atoms with Gasteiger partial charge in [-0.15, -0.1) is 0 Å². The van der Waals surface area contributed by atoms with Crippen molar-refractivity contribution < 1.29 is 4.74 Å². The van der Waals surface area contributed by atoms with E-state index in [-0.39, 0.29) is 5.60 Å². The highest BCUT2D eigenvalue weighted by molar-refractivity contribution is 5.08. The summed E-state index contributed by atoms with van der Waals surface area (Å²) in [6.45, 7) is 6.80. The molecule has 2 aliphatic heterocycles. The third kappa shape index (κ3) is 0.944. The van der Waals surface area contributed by atoms with Gasteiger partial charge in [-0.3, -0.25) is 0 Å². The van der Waals surface area contributed by atoms with Crippen LogP contribution >= 0.6 is 0 Å². The van der Waals surface area contributed by atoms with E-state index in [2.05, 4.69) is 19.2 Å². The second kappa shape index (κ2) is 2.46. The molecule has 0 aromatic rings. The summed E-state index contributed by atoms with van der Waals surface area (Å²) in [4.78, 5) is 0. The van der Waals surface area contributed by atoms with Crippen molar-refractivity contribution >= 4 is 0 Å². The highest BCUT2D eigenvalue weighted by atomic mass is 16.5. The molecule has 0 spiro atoms. The van der Waals surface area contributed by atoms with Crippen LogP contribution in [-0.4, -0.2) is 25.8 Å². The second-order valence-corrected chi connectivity index (χ2v) is 4.90. The van der Waals surface area contributed by atoms with Gasteiger partial charge in [0, 0.05) is 19.1 Å². The molecule has 1 N–H and O–H groups in total. The molecule has 70 valence electrons. The van der Waals surface area contributed by atoms with Crippen LogP contribution in [0.15, 0.2) is 0 Å². The van der Waals surface area contributed by atoms with E-state index in [0.717, 1.165) is 12.5 Å². The summed E-state index contributed by atoms with van der Waals surface area (Å²) in [5.41, 5.74) is 0.488. The van der Waals surface area contributed by atoms with Crippen LogP contribution in [-0.2, 0) is 4.74 Å². The van der Waals surface area contributed by atoms with E-state index in [0.29, 0.717) is 5.41 Å². The SMILES string of the molecule is COC(C)(C)C12CNCC(C1)C2. The normalized spacial score (nSPS) is 40.8. The number of ether oxygens (including phenoxy) is 1. The second-order valence-electron chi connectivity index (χ2n) is 4.90. The fraction of sp³-hybridized carbons (Fsp3) is 1.00. The van der Waals surface area contributed by atoms with Crippen molar-refractivity contribution in [1.82, 2.24) is 5.32 Å². The van der Waals surface area contributed by atoms with E-state index in [4.69, 9.17) is 4.74 Å². The van der Waals surface area contributed by atoms with Gasteiger partial charge in [-0.25, -0.2) is 0 Å². The molecule has 1 aliphatic carbocycles. The van der Waals surface area contributed by atoms with E-state index >= 15 is 0 Å². The Labute approximate surface area is 74.7 Å². The standard InChI is InChI=1S/C10H19NO/c1-9(2,12-3)10-4-8(5-10)6-11-7-10/h8,11H,4-7H2,1-3H3. The molecular weight excluding hydrogens is 150 g/mol. The van der Waals surface area contributed by atoms with Crippen LogP contribution in [0.5, 0.6) is 0 Å². The van der Waals surface area contributed by atoms with Gasteiger partial charge in [0.15, 0.2) is 0 Å². The van der Waals surface area contributed by atoms with Crippen molar-refractivity contribution in [3.8, 4) is 0 Å². The molecule has 1 saturated carbocycles. The summed E-state index contributed by atoms with van der Waals surface area (Å²) in [6.07, 6.45) is 2.72. The van der Waals surface area contributed by atoms with Crippen molar-refractivity contribution in [2.24, 2.45) is 11.3 Å². The Hall–Kier alpha value is -0.0800. The van der Waals surface area contributed by atoms with Crippen LogP contribution in [0.2, 0.25) is 0 Å². The van der Waals surface area contributed by atoms with Crippen molar-refractivity contribution in [3.05, 3.63) is 0 Å². The van der Waals surface area contributed by atoms with Crippen molar-refractivity contribution in [3.63, 3.8) is 0 Å². The van der Waals surface area contributed by atoms with E-state index < -0.39 is 0 Å². The first kappa shape index (κ1) is 8.52. The molecule has 2 nitrogen and oxygen atoms in total. The first-order valence-electron chi connectivity index (χ1n) is 4.85. The molecule has 3 fully saturated rings. The Morgan fingerprint density at radius 3 is 2.50 bits per heavy atom. The number of methoxy groups -OCH3 is 1. The minimum atomic E-state index is 0.0525. The minimum Gasteiger partial charge on any atom is -0.378 e. The van der Waals surface area contributed by atoms with E-state index in [9.17, 15) is 0 Å². The number of fused-ring (bicyclic) bond motifs is 2. The van der Waals surface area contributed by atoms with Crippen LogP contribution in [0, 0.1) is 11.3 Å². The first-order chi connectivity index (χ1) is 5.60. The van der Waals surface area contributed by atoms with Gasteiger partial charge in [0.1, 0.15) is 0 Å². The number of rotatable bonds is 2. The number of nitrogens with one attached hydrogen (secondary N) is 1. The average molecular weight is 169 g/mol. The first-order valence-corrected chi connectivity index (χ1v) is 4.85. The number of hydrogen-bond donors (Lipinski definition) is 1. The number of piperidine rings is 2. The van der Waals surface area contributed by atoms with Crippen LogP contribution < -0.4 is 5.32 Å². The predicted molar refractivity (Wildman–Crippen MR) is 49.1 cm³/mol. The maximum Gasteiger partial charge on any atom is 0.0691 e. The molecule has 0 radical (unpaired) electrons. The molecule has 0 unspecified atom stereocenters. The van der Waals surface area contributed by atoms with Gasteiger partial charge < -0.3 is 10.1 Å². The quantitative estimate of drug-likeness (QED) is 0.675. The van der Waals surface area contributed by atoms with E-state index in [1.54, 1.807) is 0 Å². The Morgan fingerprint density at radius 1 is 1.42 bits per heavy atom. The maximum atomic E-state index is 5.58. The Bertz CT molecular complexity index is 177.